The minimum absolute atomic E-state index is 0.128. The topological polar surface area (TPSA) is 124 Å². The van der Waals surface area contributed by atoms with Crippen LogP contribution >= 0.6 is 0 Å². The molecule has 0 radical (unpaired) electrons. The highest BCUT2D eigenvalue weighted by atomic mass is 19.4. The summed E-state index contributed by atoms with van der Waals surface area (Å²) in [7, 11) is 0. The molecule has 2 amide bonds. The van der Waals surface area contributed by atoms with E-state index in [1.54, 1.807) is 23.1 Å². The monoisotopic (exact) mass is 579 g/mol. The smallest absolute Gasteiger partial charge is 0.420 e. The van der Waals surface area contributed by atoms with Crippen LogP contribution in [0.3, 0.4) is 0 Å². The Labute approximate surface area is 239 Å². The van der Waals surface area contributed by atoms with Crippen LogP contribution in [0.2, 0.25) is 0 Å². The number of anilines is 1. The van der Waals surface area contributed by atoms with Crippen molar-refractivity contribution < 1.29 is 31.9 Å². The van der Waals surface area contributed by atoms with E-state index in [4.69, 9.17) is 14.9 Å². The number of pyridine rings is 2. The van der Waals surface area contributed by atoms with Gasteiger partial charge in [0.05, 0.1) is 42.1 Å². The minimum Gasteiger partial charge on any atom is -0.459 e. The standard InChI is InChI=1S/C30H28F3N5O4/c1-29(2)17-41-10-9-38(29)28(40)19-5-6-24(35-15-19)20-11-21-12-22(42-27(21)23(13-20)30(31,32)33)16-37-26(39)8-4-18-3-7-25(34)36-14-18/h3-8,11-15H,9-10,16-17H2,1-2H3,(H2,34,36)(H,37,39)/b8-4+. The van der Waals surface area contributed by atoms with E-state index < -0.39 is 23.2 Å². The number of furan rings is 1. The number of rotatable bonds is 6. The Morgan fingerprint density at radius 2 is 1.93 bits per heavy atom. The van der Waals surface area contributed by atoms with Crippen LogP contribution in [0.5, 0.6) is 0 Å². The van der Waals surface area contributed by atoms with Gasteiger partial charge in [-0.15, -0.1) is 0 Å². The highest BCUT2D eigenvalue weighted by Gasteiger charge is 2.36. The second-order valence-electron chi connectivity index (χ2n) is 10.5. The molecule has 4 aromatic rings. The molecule has 12 heteroatoms. The average Bonchev–Trinajstić information content (AvgIpc) is 3.37. The first-order valence-corrected chi connectivity index (χ1v) is 13.1. The van der Waals surface area contributed by atoms with Gasteiger partial charge in [-0.05, 0) is 68.0 Å². The van der Waals surface area contributed by atoms with E-state index in [1.807, 2.05) is 13.8 Å². The van der Waals surface area contributed by atoms with Crippen LogP contribution in [0.4, 0.5) is 19.0 Å². The predicted molar refractivity (Wildman–Crippen MR) is 150 cm³/mol. The fourth-order valence-corrected chi connectivity index (χ4v) is 4.65. The Hall–Kier alpha value is -4.71. The number of aromatic nitrogens is 2. The summed E-state index contributed by atoms with van der Waals surface area (Å²) >= 11 is 0. The van der Waals surface area contributed by atoms with Crippen LogP contribution in [0, 0.1) is 0 Å². The predicted octanol–water partition coefficient (Wildman–Crippen LogP) is 5.07. The Kier molecular flexibility index (Phi) is 7.74. The van der Waals surface area contributed by atoms with Crippen molar-refractivity contribution in [2.75, 3.05) is 25.5 Å². The third-order valence-corrected chi connectivity index (χ3v) is 6.84. The lowest BCUT2D eigenvalue weighted by molar-refractivity contribution is -0.136. The maximum atomic E-state index is 14.0. The summed E-state index contributed by atoms with van der Waals surface area (Å²) in [5.74, 6) is -0.206. The number of carbonyl (C=O) groups is 2. The number of alkyl halides is 3. The zero-order valence-corrected chi connectivity index (χ0v) is 22.9. The third kappa shape index (κ3) is 6.28. The quantitative estimate of drug-likeness (QED) is 0.306. The maximum Gasteiger partial charge on any atom is 0.420 e. The van der Waals surface area contributed by atoms with E-state index in [2.05, 4.69) is 15.3 Å². The number of nitrogen functional groups attached to an aromatic ring is 1. The molecule has 1 aliphatic rings. The van der Waals surface area contributed by atoms with Crippen molar-refractivity contribution in [2.24, 2.45) is 0 Å². The van der Waals surface area contributed by atoms with Crippen molar-refractivity contribution in [3.05, 3.63) is 83.4 Å². The Morgan fingerprint density at radius 3 is 2.60 bits per heavy atom. The molecule has 3 N–H and O–H groups in total. The molecular formula is C30H28F3N5O4. The Bertz CT molecular complexity index is 1640. The lowest BCUT2D eigenvalue weighted by Crippen LogP contribution is -2.55. The molecular weight excluding hydrogens is 551 g/mol. The zero-order valence-electron chi connectivity index (χ0n) is 22.9. The molecule has 42 heavy (non-hydrogen) atoms. The van der Waals surface area contributed by atoms with Gasteiger partial charge >= 0.3 is 6.18 Å². The van der Waals surface area contributed by atoms with Gasteiger partial charge in [-0.2, -0.15) is 13.2 Å². The normalized spacial score (nSPS) is 15.3. The summed E-state index contributed by atoms with van der Waals surface area (Å²) in [6, 6.07) is 10.3. The van der Waals surface area contributed by atoms with E-state index in [9.17, 15) is 22.8 Å². The number of morpholine rings is 1. The zero-order chi connectivity index (χ0) is 30.1. The molecule has 0 aliphatic carbocycles. The van der Waals surface area contributed by atoms with Crippen molar-refractivity contribution >= 4 is 34.7 Å². The van der Waals surface area contributed by atoms with E-state index in [0.717, 1.165) is 6.07 Å². The van der Waals surface area contributed by atoms with Crippen molar-refractivity contribution in [3.8, 4) is 11.3 Å². The summed E-state index contributed by atoms with van der Waals surface area (Å²) < 4.78 is 53.1. The number of fused-ring (bicyclic) bond motifs is 1. The lowest BCUT2D eigenvalue weighted by atomic mass is 10.0. The highest BCUT2D eigenvalue weighted by Crippen LogP contribution is 2.39. The molecule has 5 rings (SSSR count). The Morgan fingerprint density at radius 1 is 1.12 bits per heavy atom. The van der Waals surface area contributed by atoms with Crippen molar-refractivity contribution in [2.45, 2.75) is 32.1 Å². The van der Waals surface area contributed by atoms with Crippen LogP contribution in [-0.4, -0.2) is 52.0 Å². The minimum atomic E-state index is -4.71. The van der Waals surface area contributed by atoms with Gasteiger partial charge in [0.2, 0.25) is 5.91 Å². The summed E-state index contributed by atoms with van der Waals surface area (Å²) in [5, 5.41) is 2.79. The van der Waals surface area contributed by atoms with Crippen LogP contribution < -0.4 is 11.1 Å². The lowest BCUT2D eigenvalue weighted by Gasteiger charge is -2.42. The van der Waals surface area contributed by atoms with Gasteiger partial charge in [-0.25, -0.2) is 4.98 Å². The van der Waals surface area contributed by atoms with E-state index in [-0.39, 0.29) is 40.4 Å². The van der Waals surface area contributed by atoms with Gasteiger partial charge in [-0.1, -0.05) is 0 Å². The number of halogens is 3. The van der Waals surface area contributed by atoms with Gasteiger partial charge in [0.25, 0.3) is 5.91 Å². The fourth-order valence-electron chi connectivity index (χ4n) is 4.65. The second kappa shape index (κ2) is 11.3. The van der Waals surface area contributed by atoms with Gasteiger partial charge in [0.15, 0.2) is 0 Å². The third-order valence-electron chi connectivity index (χ3n) is 6.84. The molecule has 4 heterocycles. The average molecular weight is 580 g/mol. The number of benzene rings is 1. The molecule has 1 saturated heterocycles. The molecule has 3 aromatic heterocycles. The van der Waals surface area contributed by atoms with Crippen LogP contribution in [-0.2, 0) is 22.3 Å². The molecule has 1 aliphatic heterocycles. The first-order chi connectivity index (χ1) is 19.9. The largest absolute Gasteiger partial charge is 0.459 e. The SMILES string of the molecule is CC1(C)COCCN1C(=O)c1ccc(-c2cc(C(F)(F)F)c3oc(CNC(=O)/C=C/c4ccc(N)nc4)cc3c2)nc1. The van der Waals surface area contributed by atoms with Crippen molar-refractivity contribution in [3.63, 3.8) is 0 Å². The number of hydrogen-bond donors (Lipinski definition) is 2. The summed E-state index contributed by atoms with van der Waals surface area (Å²) in [6.07, 6.45) is 0.961. The number of carbonyl (C=O) groups excluding carboxylic acids is 2. The molecule has 0 spiro atoms. The molecule has 1 fully saturated rings. The first kappa shape index (κ1) is 28.8. The maximum absolute atomic E-state index is 14.0. The molecule has 0 saturated carbocycles. The van der Waals surface area contributed by atoms with Gasteiger partial charge < -0.3 is 25.1 Å². The molecule has 0 unspecified atom stereocenters. The molecule has 1 aromatic carbocycles. The fraction of sp³-hybridized carbons (Fsp3) is 0.267. The number of nitrogens with zero attached hydrogens (tertiary/aromatic N) is 3. The van der Waals surface area contributed by atoms with Crippen LogP contribution in [0.15, 0.2) is 65.4 Å². The van der Waals surface area contributed by atoms with E-state index in [1.165, 1.54) is 42.7 Å². The number of amides is 2. The number of ether oxygens (including phenoxy) is 1. The van der Waals surface area contributed by atoms with E-state index >= 15 is 0 Å². The number of hydrogen-bond acceptors (Lipinski definition) is 7. The summed E-state index contributed by atoms with van der Waals surface area (Å²) in [6.45, 7) is 4.94. The highest BCUT2D eigenvalue weighted by molar-refractivity contribution is 5.95. The van der Waals surface area contributed by atoms with Gasteiger partial charge in [-0.3, -0.25) is 14.6 Å². The Balaban J connectivity index is 1.36. The summed E-state index contributed by atoms with van der Waals surface area (Å²) in [5.41, 5.74) is 5.18. The molecule has 0 bridgehead atoms. The first-order valence-electron chi connectivity index (χ1n) is 13.1. The van der Waals surface area contributed by atoms with Gasteiger partial charge in [0, 0.05) is 36.0 Å². The van der Waals surface area contributed by atoms with Gasteiger partial charge in [0.1, 0.15) is 17.2 Å². The second-order valence-corrected chi connectivity index (χ2v) is 10.5. The molecule has 218 valence electrons. The molecule has 0 atom stereocenters. The van der Waals surface area contributed by atoms with Crippen molar-refractivity contribution in [1.29, 1.82) is 0 Å². The van der Waals surface area contributed by atoms with E-state index in [0.29, 0.717) is 36.7 Å². The summed E-state index contributed by atoms with van der Waals surface area (Å²) in [4.78, 5) is 35.3. The van der Waals surface area contributed by atoms with Crippen molar-refractivity contribution in [1.82, 2.24) is 20.2 Å². The number of nitrogens with two attached hydrogens (primary N) is 1. The number of nitrogens with one attached hydrogen (secondary N) is 1. The van der Waals surface area contributed by atoms with Crippen LogP contribution in [0.1, 0.15) is 41.1 Å². The molecule has 9 nitrogen and oxygen atoms in total. The van der Waals surface area contributed by atoms with Crippen LogP contribution in [0.25, 0.3) is 28.3 Å².